The lowest BCUT2D eigenvalue weighted by Gasteiger charge is -2.35. The van der Waals surface area contributed by atoms with Crippen LogP contribution in [0, 0.1) is 0 Å². The first-order valence-corrected chi connectivity index (χ1v) is 7.10. The number of hydrogen-bond donors (Lipinski definition) is 2. The number of ether oxygens (including phenoxy) is 1. The van der Waals surface area contributed by atoms with Crippen LogP contribution in [0.25, 0.3) is 10.9 Å². The van der Waals surface area contributed by atoms with Crippen molar-refractivity contribution in [3.63, 3.8) is 0 Å². The third-order valence-electron chi connectivity index (χ3n) is 3.30. The van der Waals surface area contributed by atoms with Crippen LogP contribution in [0.5, 0.6) is 5.75 Å². The number of nitrogens with zero attached hydrogens (tertiary/aromatic N) is 1. The van der Waals surface area contributed by atoms with Crippen molar-refractivity contribution in [1.82, 2.24) is 10.0 Å². The zero-order valence-electron chi connectivity index (χ0n) is 12.9. The summed E-state index contributed by atoms with van der Waals surface area (Å²) in [6.07, 6.45) is 0.176. The second-order valence-electron chi connectivity index (χ2n) is 6.04. The Morgan fingerprint density at radius 2 is 2.00 bits per heavy atom. The Morgan fingerprint density at radius 3 is 2.62 bits per heavy atom. The molecule has 0 bridgehead atoms. The van der Waals surface area contributed by atoms with Gasteiger partial charge in [-0.25, -0.2) is 0 Å². The van der Waals surface area contributed by atoms with E-state index in [4.69, 9.17) is 4.74 Å². The summed E-state index contributed by atoms with van der Waals surface area (Å²) in [5, 5.41) is 12.3. The second-order valence-corrected chi connectivity index (χ2v) is 6.04. The number of aromatic amines is 1. The number of nitrogens with one attached hydrogen (secondary N) is 1. The highest BCUT2D eigenvalue weighted by molar-refractivity contribution is 5.84. The van der Waals surface area contributed by atoms with Crippen molar-refractivity contribution in [2.24, 2.45) is 0 Å². The standard InChI is InChI=1S/C16H22N2O3/c1-5-15(18(20)16(2,3)4)21-13-8-6-7-12-11(13)9-10-14(19)17-12/h6-10,15,20H,5H2,1-4H3,(H,17,19). The fraction of sp³-hybridized carbons (Fsp3) is 0.438. The van der Waals surface area contributed by atoms with Gasteiger partial charge >= 0.3 is 0 Å². The van der Waals surface area contributed by atoms with Crippen molar-refractivity contribution in [2.75, 3.05) is 0 Å². The van der Waals surface area contributed by atoms with Gasteiger partial charge in [0.1, 0.15) is 5.75 Å². The molecule has 0 aliphatic heterocycles. The van der Waals surface area contributed by atoms with E-state index in [2.05, 4.69) is 4.98 Å². The number of benzene rings is 1. The maximum Gasteiger partial charge on any atom is 0.248 e. The zero-order chi connectivity index (χ0) is 15.6. The van der Waals surface area contributed by atoms with E-state index in [0.29, 0.717) is 12.2 Å². The van der Waals surface area contributed by atoms with Crippen molar-refractivity contribution < 1.29 is 9.94 Å². The SMILES string of the molecule is CCC(Oc1cccc2[nH]c(=O)ccc12)N(O)C(C)(C)C. The summed E-state index contributed by atoms with van der Waals surface area (Å²) < 4.78 is 5.96. The zero-order valence-corrected chi connectivity index (χ0v) is 12.9. The largest absolute Gasteiger partial charge is 0.472 e. The van der Waals surface area contributed by atoms with Crippen LogP contribution < -0.4 is 10.3 Å². The molecule has 2 aromatic rings. The van der Waals surface area contributed by atoms with Crippen molar-refractivity contribution in [1.29, 1.82) is 0 Å². The molecular formula is C16H22N2O3. The minimum absolute atomic E-state index is 0.148. The summed E-state index contributed by atoms with van der Waals surface area (Å²) in [7, 11) is 0. The van der Waals surface area contributed by atoms with E-state index < -0.39 is 11.8 Å². The molecule has 0 radical (unpaired) electrons. The number of fused-ring (bicyclic) bond motifs is 1. The van der Waals surface area contributed by atoms with E-state index >= 15 is 0 Å². The van der Waals surface area contributed by atoms with Crippen LogP contribution >= 0.6 is 0 Å². The Hall–Kier alpha value is -1.85. The molecule has 0 saturated carbocycles. The van der Waals surface area contributed by atoms with Crippen molar-refractivity contribution >= 4 is 10.9 Å². The van der Waals surface area contributed by atoms with E-state index in [1.165, 1.54) is 11.1 Å². The molecule has 1 aromatic heterocycles. The lowest BCUT2D eigenvalue weighted by Crippen LogP contribution is -2.48. The lowest BCUT2D eigenvalue weighted by atomic mass is 10.1. The molecule has 0 aliphatic rings. The minimum atomic E-state index is -0.456. The Balaban J connectivity index is 2.36. The summed E-state index contributed by atoms with van der Waals surface area (Å²) in [5.41, 5.74) is 0.153. The van der Waals surface area contributed by atoms with E-state index in [1.54, 1.807) is 6.07 Å². The van der Waals surface area contributed by atoms with Crippen molar-refractivity contribution in [3.05, 3.63) is 40.7 Å². The summed E-state index contributed by atoms with van der Waals surface area (Å²) in [5.74, 6) is 0.638. The molecule has 0 fully saturated rings. The third-order valence-corrected chi connectivity index (χ3v) is 3.30. The molecule has 114 valence electrons. The van der Waals surface area contributed by atoms with Gasteiger partial charge in [-0.15, -0.1) is 5.06 Å². The van der Waals surface area contributed by atoms with E-state index in [9.17, 15) is 10.0 Å². The van der Waals surface area contributed by atoms with Gasteiger partial charge in [-0.1, -0.05) is 13.0 Å². The highest BCUT2D eigenvalue weighted by Crippen LogP contribution is 2.26. The highest BCUT2D eigenvalue weighted by atomic mass is 16.6. The number of hydroxylamine groups is 2. The molecule has 21 heavy (non-hydrogen) atoms. The molecule has 1 unspecified atom stereocenters. The van der Waals surface area contributed by atoms with Gasteiger partial charge in [0.05, 0.1) is 5.52 Å². The molecule has 0 aliphatic carbocycles. The topological polar surface area (TPSA) is 65.6 Å². The molecule has 0 saturated heterocycles. The first kappa shape index (κ1) is 15.5. The van der Waals surface area contributed by atoms with Gasteiger partial charge in [-0.2, -0.15) is 0 Å². The Labute approximate surface area is 124 Å². The number of aromatic nitrogens is 1. The third kappa shape index (κ3) is 3.43. The van der Waals surface area contributed by atoms with Gasteiger partial charge in [0.15, 0.2) is 6.23 Å². The monoisotopic (exact) mass is 290 g/mol. The first-order chi connectivity index (χ1) is 9.82. The van der Waals surface area contributed by atoms with Crippen LogP contribution in [0.15, 0.2) is 35.1 Å². The van der Waals surface area contributed by atoms with Gasteiger partial charge in [0.25, 0.3) is 0 Å². The average molecular weight is 290 g/mol. The normalized spacial score (nSPS) is 13.6. The quantitative estimate of drug-likeness (QED) is 0.670. The predicted octanol–water partition coefficient (Wildman–Crippen LogP) is 3.13. The average Bonchev–Trinajstić information content (AvgIpc) is 2.42. The predicted molar refractivity (Wildman–Crippen MR) is 82.7 cm³/mol. The first-order valence-electron chi connectivity index (χ1n) is 7.10. The molecule has 0 amide bonds. The van der Waals surface area contributed by atoms with Crippen LogP contribution in [-0.2, 0) is 0 Å². The van der Waals surface area contributed by atoms with Crippen LogP contribution in [0.3, 0.4) is 0 Å². The van der Waals surface area contributed by atoms with Gasteiger partial charge in [-0.05, 0) is 45.4 Å². The highest BCUT2D eigenvalue weighted by Gasteiger charge is 2.28. The molecule has 2 N–H and O–H groups in total. The molecule has 2 rings (SSSR count). The fourth-order valence-electron chi connectivity index (χ4n) is 2.15. The van der Waals surface area contributed by atoms with Crippen LogP contribution in [-0.4, -0.2) is 27.0 Å². The van der Waals surface area contributed by atoms with Crippen molar-refractivity contribution in [3.8, 4) is 5.75 Å². The fourth-order valence-corrected chi connectivity index (χ4v) is 2.15. The van der Waals surface area contributed by atoms with Gasteiger partial charge in [-0.3, -0.25) is 4.79 Å². The van der Waals surface area contributed by atoms with E-state index in [-0.39, 0.29) is 5.56 Å². The molecule has 1 heterocycles. The van der Waals surface area contributed by atoms with Crippen LogP contribution in [0.1, 0.15) is 34.1 Å². The number of H-pyrrole nitrogens is 1. The van der Waals surface area contributed by atoms with E-state index in [1.807, 2.05) is 45.9 Å². The Kier molecular flexibility index (Phi) is 4.34. The number of hydrogen-bond acceptors (Lipinski definition) is 4. The summed E-state index contributed by atoms with van der Waals surface area (Å²) in [6, 6.07) is 8.68. The minimum Gasteiger partial charge on any atom is -0.472 e. The maximum atomic E-state index is 11.4. The lowest BCUT2D eigenvalue weighted by molar-refractivity contribution is -0.235. The van der Waals surface area contributed by atoms with Gasteiger partial charge in [0, 0.05) is 17.0 Å². The van der Waals surface area contributed by atoms with Gasteiger partial charge < -0.3 is 14.9 Å². The molecule has 1 atom stereocenters. The van der Waals surface area contributed by atoms with Crippen LogP contribution in [0.4, 0.5) is 0 Å². The molecule has 0 spiro atoms. The summed E-state index contributed by atoms with van der Waals surface area (Å²) in [4.78, 5) is 14.1. The number of pyridine rings is 1. The van der Waals surface area contributed by atoms with Crippen molar-refractivity contribution in [2.45, 2.75) is 45.9 Å². The summed E-state index contributed by atoms with van der Waals surface area (Å²) >= 11 is 0. The molecule has 5 heteroatoms. The van der Waals surface area contributed by atoms with E-state index in [0.717, 1.165) is 10.9 Å². The second kappa shape index (κ2) is 5.87. The molecule has 5 nitrogen and oxygen atoms in total. The number of rotatable bonds is 4. The molecular weight excluding hydrogens is 268 g/mol. The van der Waals surface area contributed by atoms with Crippen LogP contribution in [0.2, 0.25) is 0 Å². The maximum absolute atomic E-state index is 11.4. The molecule has 1 aromatic carbocycles. The Bertz CT molecular complexity index is 673. The summed E-state index contributed by atoms with van der Waals surface area (Å²) in [6.45, 7) is 7.70. The smallest absolute Gasteiger partial charge is 0.248 e. The Morgan fingerprint density at radius 1 is 1.29 bits per heavy atom. The van der Waals surface area contributed by atoms with Gasteiger partial charge in [0.2, 0.25) is 5.56 Å².